The number of nitrogens with one attached hydrogen (secondary N) is 1. The lowest BCUT2D eigenvalue weighted by molar-refractivity contribution is -0.132. The Balaban J connectivity index is 1.45. The lowest BCUT2D eigenvalue weighted by atomic mass is 10.2. The monoisotopic (exact) mass is 390 g/mol. The average Bonchev–Trinajstić information content (AvgIpc) is 3.04. The molecular formula is C20H30N4O4. The van der Waals surface area contributed by atoms with Gasteiger partial charge in [0.25, 0.3) is 0 Å². The summed E-state index contributed by atoms with van der Waals surface area (Å²) < 4.78 is 10.7. The molecule has 0 radical (unpaired) electrons. The molecule has 0 spiro atoms. The number of urea groups is 1. The number of rotatable bonds is 6. The Morgan fingerprint density at radius 2 is 1.86 bits per heavy atom. The molecule has 1 aromatic carbocycles. The van der Waals surface area contributed by atoms with Gasteiger partial charge in [0.05, 0.1) is 6.54 Å². The number of nitrogens with zero attached hydrogens (tertiary/aromatic N) is 3. The molecule has 3 rings (SSSR count). The summed E-state index contributed by atoms with van der Waals surface area (Å²) in [5, 5.41) is 2.98. The third kappa shape index (κ3) is 5.07. The number of amides is 3. The Morgan fingerprint density at radius 3 is 2.64 bits per heavy atom. The van der Waals surface area contributed by atoms with Gasteiger partial charge in [0, 0.05) is 45.8 Å². The first-order valence-corrected chi connectivity index (χ1v) is 10.0. The Hall–Kier alpha value is -2.48. The lowest BCUT2D eigenvalue weighted by Crippen LogP contribution is -2.43. The van der Waals surface area contributed by atoms with Crippen LogP contribution < -0.4 is 14.8 Å². The molecule has 1 aromatic rings. The summed E-state index contributed by atoms with van der Waals surface area (Å²) in [6.45, 7) is 9.43. The van der Waals surface area contributed by atoms with Crippen LogP contribution >= 0.6 is 0 Å². The Kier molecular flexibility index (Phi) is 6.97. The van der Waals surface area contributed by atoms with Crippen LogP contribution in [0.1, 0.15) is 25.8 Å². The van der Waals surface area contributed by atoms with E-state index in [1.165, 1.54) is 0 Å². The van der Waals surface area contributed by atoms with Gasteiger partial charge < -0.3 is 24.6 Å². The van der Waals surface area contributed by atoms with Gasteiger partial charge in [0.15, 0.2) is 11.5 Å². The van der Waals surface area contributed by atoms with Crippen molar-refractivity contribution >= 4 is 11.9 Å². The minimum absolute atomic E-state index is 0.0745. The van der Waals surface area contributed by atoms with Crippen molar-refractivity contribution in [1.29, 1.82) is 0 Å². The Labute approximate surface area is 166 Å². The molecule has 1 N–H and O–H groups in total. The molecule has 0 unspecified atom stereocenters. The molecule has 0 saturated carbocycles. The van der Waals surface area contributed by atoms with Gasteiger partial charge in [0.1, 0.15) is 0 Å². The van der Waals surface area contributed by atoms with E-state index >= 15 is 0 Å². The van der Waals surface area contributed by atoms with Crippen LogP contribution in [0.4, 0.5) is 4.79 Å². The SMILES string of the molecule is CCN(CC)C(=O)CN1CCCN(C(=O)NCc2ccc3c(c2)OCO3)CC1. The summed E-state index contributed by atoms with van der Waals surface area (Å²) in [5.41, 5.74) is 0.971. The number of benzene rings is 1. The van der Waals surface area contributed by atoms with Crippen molar-refractivity contribution in [2.45, 2.75) is 26.8 Å². The summed E-state index contributed by atoms with van der Waals surface area (Å²) >= 11 is 0. The summed E-state index contributed by atoms with van der Waals surface area (Å²) in [6, 6.07) is 5.61. The quantitative estimate of drug-likeness (QED) is 0.797. The van der Waals surface area contributed by atoms with Crippen LogP contribution in [0.3, 0.4) is 0 Å². The Morgan fingerprint density at radius 1 is 1.07 bits per heavy atom. The molecule has 2 heterocycles. The van der Waals surface area contributed by atoms with Gasteiger partial charge in [-0.3, -0.25) is 9.69 Å². The molecule has 0 aliphatic carbocycles. The van der Waals surface area contributed by atoms with Crippen LogP contribution in [0.5, 0.6) is 11.5 Å². The van der Waals surface area contributed by atoms with Crippen LogP contribution in [-0.4, -0.2) is 79.2 Å². The zero-order chi connectivity index (χ0) is 19.9. The third-order valence-corrected chi connectivity index (χ3v) is 5.23. The van der Waals surface area contributed by atoms with E-state index in [9.17, 15) is 9.59 Å². The number of hydrogen-bond donors (Lipinski definition) is 1. The fourth-order valence-corrected chi connectivity index (χ4v) is 3.54. The number of likely N-dealkylation sites (N-methyl/N-ethyl adjacent to an activating group) is 1. The van der Waals surface area contributed by atoms with Crippen LogP contribution in [0.2, 0.25) is 0 Å². The second kappa shape index (κ2) is 9.64. The average molecular weight is 390 g/mol. The second-order valence-corrected chi connectivity index (χ2v) is 7.03. The van der Waals surface area contributed by atoms with Crippen LogP contribution in [0.25, 0.3) is 0 Å². The minimum Gasteiger partial charge on any atom is -0.454 e. The third-order valence-electron chi connectivity index (χ3n) is 5.23. The second-order valence-electron chi connectivity index (χ2n) is 7.03. The fourth-order valence-electron chi connectivity index (χ4n) is 3.54. The van der Waals surface area contributed by atoms with E-state index in [4.69, 9.17) is 9.47 Å². The van der Waals surface area contributed by atoms with Crippen molar-refractivity contribution in [2.75, 3.05) is 52.6 Å². The number of fused-ring (bicyclic) bond motifs is 1. The molecule has 8 nitrogen and oxygen atoms in total. The van der Waals surface area contributed by atoms with Crippen molar-refractivity contribution in [3.05, 3.63) is 23.8 Å². The molecule has 0 bridgehead atoms. The van der Waals surface area contributed by atoms with E-state index in [2.05, 4.69) is 10.2 Å². The number of carbonyl (C=O) groups is 2. The van der Waals surface area contributed by atoms with E-state index in [0.29, 0.717) is 32.7 Å². The van der Waals surface area contributed by atoms with Crippen molar-refractivity contribution < 1.29 is 19.1 Å². The van der Waals surface area contributed by atoms with Crippen LogP contribution in [0.15, 0.2) is 18.2 Å². The van der Waals surface area contributed by atoms with E-state index in [1.54, 1.807) is 0 Å². The van der Waals surface area contributed by atoms with E-state index in [1.807, 2.05) is 41.8 Å². The zero-order valence-electron chi connectivity index (χ0n) is 16.8. The summed E-state index contributed by atoms with van der Waals surface area (Å²) in [5.74, 6) is 1.61. The number of hydrogen-bond acceptors (Lipinski definition) is 5. The van der Waals surface area contributed by atoms with Gasteiger partial charge >= 0.3 is 6.03 Å². The maximum atomic E-state index is 12.6. The van der Waals surface area contributed by atoms with E-state index in [0.717, 1.165) is 43.1 Å². The molecule has 1 saturated heterocycles. The smallest absolute Gasteiger partial charge is 0.317 e. The predicted molar refractivity (Wildman–Crippen MR) is 105 cm³/mol. The van der Waals surface area contributed by atoms with Gasteiger partial charge in [-0.05, 0) is 38.0 Å². The molecular weight excluding hydrogens is 360 g/mol. The molecule has 2 aliphatic heterocycles. The van der Waals surface area contributed by atoms with Crippen molar-refractivity contribution in [2.24, 2.45) is 0 Å². The highest BCUT2D eigenvalue weighted by Gasteiger charge is 2.22. The fraction of sp³-hybridized carbons (Fsp3) is 0.600. The van der Waals surface area contributed by atoms with Gasteiger partial charge in [-0.2, -0.15) is 0 Å². The van der Waals surface area contributed by atoms with Gasteiger partial charge in [-0.1, -0.05) is 6.07 Å². The molecule has 28 heavy (non-hydrogen) atoms. The van der Waals surface area contributed by atoms with Gasteiger partial charge in [-0.15, -0.1) is 0 Å². The highest BCUT2D eigenvalue weighted by Crippen LogP contribution is 2.32. The van der Waals surface area contributed by atoms with E-state index in [-0.39, 0.29) is 18.7 Å². The first-order valence-electron chi connectivity index (χ1n) is 10.0. The molecule has 0 aromatic heterocycles. The highest BCUT2D eigenvalue weighted by molar-refractivity contribution is 5.78. The van der Waals surface area contributed by atoms with Gasteiger partial charge in [0.2, 0.25) is 12.7 Å². The van der Waals surface area contributed by atoms with Crippen LogP contribution in [-0.2, 0) is 11.3 Å². The highest BCUT2D eigenvalue weighted by atomic mass is 16.7. The molecule has 8 heteroatoms. The molecule has 154 valence electrons. The number of ether oxygens (including phenoxy) is 2. The zero-order valence-corrected chi connectivity index (χ0v) is 16.8. The standard InChI is InChI=1S/C20H30N4O4/c1-3-23(4-2)19(25)14-22-8-5-9-24(11-10-22)20(26)21-13-16-6-7-17-18(12-16)28-15-27-17/h6-7,12H,3-5,8-11,13-15H2,1-2H3,(H,21,26). The normalized spacial score (nSPS) is 16.6. The van der Waals surface area contributed by atoms with Gasteiger partial charge in [-0.25, -0.2) is 4.79 Å². The lowest BCUT2D eigenvalue weighted by Gasteiger charge is -2.25. The summed E-state index contributed by atoms with van der Waals surface area (Å²) in [4.78, 5) is 30.7. The van der Waals surface area contributed by atoms with Crippen molar-refractivity contribution in [3.63, 3.8) is 0 Å². The summed E-state index contributed by atoms with van der Waals surface area (Å²) in [7, 11) is 0. The number of carbonyl (C=O) groups excluding carboxylic acids is 2. The van der Waals surface area contributed by atoms with Crippen LogP contribution in [0, 0.1) is 0 Å². The predicted octanol–water partition coefficient (Wildman–Crippen LogP) is 1.50. The molecule has 0 atom stereocenters. The minimum atomic E-state index is -0.0745. The van der Waals surface area contributed by atoms with Crippen molar-refractivity contribution in [3.8, 4) is 11.5 Å². The molecule has 2 aliphatic rings. The van der Waals surface area contributed by atoms with E-state index < -0.39 is 0 Å². The van der Waals surface area contributed by atoms with Crippen molar-refractivity contribution in [1.82, 2.24) is 20.0 Å². The maximum Gasteiger partial charge on any atom is 0.317 e. The Bertz CT molecular complexity index is 693. The first kappa shape index (κ1) is 20.3. The summed E-state index contributed by atoms with van der Waals surface area (Å²) in [6.07, 6.45) is 0.864. The molecule has 3 amide bonds. The maximum absolute atomic E-state index is 12.6. The first-order chi connectivity index (χ1) is 13.6. The topological polar surface area (TPSA) is 74.4 Å². The molecule has 1 fully saturated rings. The largest absolute Gasteiger partial charge is 0.454 e.